The van der Waals surface area contributed by atoms with Crippen molar-refractivity contribution in [2.24, 2.45) is 7.05 Å². The molecule has 1 atom stereocenters. The van der Waals surface area contributed by atoms with Crippen LogP contribution in [-0.2, 0) is 7.05 Å². The summed E-state index contributed by atoms with van der Waals surface area (Å²) < 4.78 is 6.79. The van der Waals surface area contributed by atoms with Gasteiger partial charge in [-0.2, -0.15) is 5.10 Å². The number of ether oxygens (including phenoxy) is 1. The Labute approximate surface area is 111 Å². The van der Waals surface area contributed by atoms with Crippen molar-refractivity contribution in [1.82, 2.24) is 9.78 Å². The fourth-order valence-corrected chi connectivity index (χ4v) is 2.28. The highest BCUT2D eigenvalue weighted by Crippen LogP contribution is 2.34. The highest BCUT2D eigenvalue weighted by Gasteiger charge is 2.23. The second kappa shape index (κ2) is 5.00. The maximum Gasteiger partial charge on any atom is 0.133 e. The number of aromatic nitrogens is 2. The van der Waals surface area contributed by atoms with E-state index in [0.29, 0.717) is 27.7 Å². The Kier molecular flexibility index (Phi) is 3.59. The molecule has 1 heterocycles. The van der Waals surface area contributed by atoms with E-state index in [1.165, 1.54) is 0 Å². The second-order valence-corrected chi connectivity index (χ2v) is 4.42. The molecule has 0 saturated heterocycles. The van der Waals surface area contributed by atoms with Gasteiger partial charge in [-0.3, -0.25) is 4.68 Å². The summed E-state index contributed by atoms with van der Waals surface area (Å²) >= 11 is 6.15. The Morgan fingerprint density at radius 1 is 1.39 bits per heavy atom. The minimum atomic E-state index is -0.845. The van der Waals surface area contributed by atoms with E-state index in [2.05, 4.69) is 5.10 Å². The fraction of sp³-hybridized carbons (Fsp3) is 0.308. The van der Waals surface area contributed by atoms with Gasteiger partial charge in [-0.15, -0.1) is 0 Å². The number of hydrogen-bond donors (Lipinski definition) is 1. The zero-order chi connectivity index (χ0) is 13.3. The molecule has 96 valence electrons. The Morgan fingerprint density at radius 2 is 2.06 bits per heavy atom. The molecule has 1 N–H and O–H groups in total. The minimum absolute atomic E-state index is 0.436. The average Bonchev–Trinajstić information content (AvgIpc) is 2.62. The van der Waals surface area contributed by atoms with E-state index in [-0.39, 0.29) is 0 Å². The predicted octanol–water partition coefficient (Wildman–Crippen LogP) is 2.47. The smallest absolute Gasteiger partial charge is 0.133 e. The number of nitrogens with zero attached hydrogens (tertiary/aromatic N) is 2. The van der Waals surface area contributed by atoms with Gasteiger partial charge in [0, 0.05) is 18.2 Å². The van der Waals surface area contributed by atoms with Gasteiger partial charge in [-0.25, -0.2) is 0 Å². The Hall–Kier alpha value is -1.52. The third kappa shape index (κ3) is 2.09. The van der Waals surface area contributed by atoms with Crippen molar-refractivity contribution in [2.45, 2.75) is 13.0 Å². The SMILES string of the molecule is COc1ccccc1C(O)c1c(C)nn(C)c1Cl. The molecule has 1 aromatic heterocycles. The Bertz CT molecular complexity index is 566. The second-order valence-electron chi connectivity index (χ2n) is 4.06. The first kappa shape index (κ1) is 12.9. The monoisotopic (exact) mass is 266 g/mol. The number of halogens is 1. The van der Waals surface area contributed by atoms with Crippen molar-refractivity contribution in [3.63, 3.8) is 0 Å². The molecule has 0 aliphatic heterocycles. The topological polar surface area (TPSA) is 47.3 Å². The summed E-state index contributed by atoms with van der Waals surface area (Å²) in [6.07, 6.45) is -0.845. The van der Waals surface area contributed by atoms with Gasteiger partial charge >= 0.3 is 0 Å². The van der Waals surface area contributed by atoms with Crippen LogP contribution in [0.25, 0.3) is 0 Å². The molecule has 2 rings (SSSR count). The van der Waals surface area contributed by atoms with E-state index in [1.54, 1.807) is 24.9 Å². The van der Waals surface area contributed by atoms with E-state index in [0.717, 1.165) is 0 Å². The highest BCUT2D eigenvalue weighted by molar-refractivity contribution is 6.30. The number of methoxy groups -OCH3 is 1. The predicted molar refractivity (Wildman–Crippen MR) is 70.0 cm³/mol. The maximum atomic E-state index is 10.5. The lowest BCUT2D eigenvalue weighted by Crippen LogP contribution is -2.03. The molecule has 0 aliphatic carbocycles. The van der Waals surface area contributed by atoms with Crippen LogP contribution in [-0.4, -0.2) is 22.0 Å². The van der Waals surface area contributed by atoms with Crippen LogP contribution in [0.2, 0.25) is 5.15 Å². The minimum Gasteiger partial charge on any atom is -0.496 e. The molecule has 0 fully saturated rings. The molecule has 0 radical (unpaired) electrons. The molecule has 2 aromatic rings. The molecular formula is C13H15ClN2O2. The van der Waals surface area contributed by atoms with Gasteiger partial charge in [-0.05, 0) is 13.0 Å². The first-order valence-corrected chi connectivity index (χ1v) is 5.94. The molecule has 1 unspecified atom stereocenters. The first-order valence-electron chi connectivity index (χ1n) is 5.56. The number of hydrogen-bond acceptors (Lipinski definition) is 3. The van der Waals surface area contributed by atoms with Crippen LogP contribution >= 0.6 is 11.6 Å². The Balaban J connectivity index is 2.51. The van der Waals surface area contributed by atoms with Gasteiger partial charge < -0.3 is 9.84 Å². The van der Waals surface area contributed by atoms with Crippen molar-refractivity contribution in [3.05, 3.63) is 46.2 Å². The van der Waals surface area contributed by atoms with Crippen LogP contribution in [0.4, 0.5) is 0 Å². The number of para-hydroxylation sites is 1. The molecule has 0 bridgehead atoms. The van der Waals surface area contributed by atoms with E-state index in [1.807, 2.05) is 25.1 Å². The van der Waals surface area contributed by atoms with Crippen LogP contribution in [0.3, 0.4) is 0 Å². The van der Waals surface area contributed by atoms with Crippen LogP contribution in [0.5, 0.6) is 5.75 Å². The average molecular weight is 267 g/mol. The van der Waals surface area contributed by atoms with Crippen molar-refractivity contribution >= 4 is 11.6 Å². The molecular weight excluding hydrogens is 252 g/mol. The van der Waals surface area contributed by atoms with E-state index >= 15 is 0 Å². The number of benzene rings is 1. The lowest BCUT2D eigenvalue weighted by atomic mass is 10.0. The van der Waals surface area contributed by atoms with Gasteiger partial charge in [0.25, 0.3) is 0 Å². The van der Waals surface area contributed by atoms with Crippen molar-refractivity contribution in [1.29, 1.82) is 0 Å². The third-order valence-corrected chi connectivity index (χ3v) is 3.35. The maximum absolute atomic E-state index is 10.5. The number of aliphatic hydroxyl groups excluding tert-OH is 1. The normalized spacial score (nSPS) is 12.5. The van der Waals surface area contributed by atoms with Crippen LogP contribution in [0, 0.1) is 6.92 Å². The van der Waals surface area contributed by atoms with Gasteiger partial charge in [0.15, 0.2) is 0 Å². The fourth-order valence-electron chi connectivity index (χ4n) is 2.00. The summed E-state index contributed by atoms with van der Waals surface area (Å²) in [5, 5.41) is 15.1. The van der Waals surface area contributed by atoms with Gasteiger partial charge in [-0.1, -0.05) is 29.8 Å². The van der Waals surface area contributed by atoms with Gasteiger partial charge in [0.1, 0.15) is 17.0 Å². The number of aryl methyl sites for hydroxylation is 2. The summed E-state index contributed by atoms with van der Waals surface area (Å²) in [5.41, 5.74) is 2.00. The summed E-state index contributed by atoms with van der Waals surface area (Å²) in [5.74, 6) is 0.629. The first-order chi connectivity index (χ1) is 8.56. The third-order valence-electron chi connectivity index (χ3n) is 2.90. The lowest BCUT2D eigenvalue weighted by molar-refractivity contribution is 0.214. The molecule has 18 heavy (non-hydrogen) atoms. The van der Waals surface area contributed by atoms with E-state index in [4.69, 9.17) is 16.3 Å². The summed E-state index contributed by atoms with van der Waals surface area (Å²) in [4.78, 5) is 0. The van der Waals surface area contributed by atoms with E-state index in [9.17, 15) is 5.11 Å². The van der Waals surface area contributed by atoms with Crippen molar-refractivity contribution in [2.75, 3.05) is 7.11 Å². The lowest BCUT2D eigenvalue weighted by Gasteiger charge is -2.14. The van der Waals surface area contributed by atoms with Crippen LogP contribution in [0.1, 0.15) is 22.9 Å². The molecule has 4 nitrogen and oxygen atoms in total. The molecule has 1 aromatic carbocycles. The highest BCUT2D eigenvalue weighted by atomic mass is 35.5. The summed E-state index contributed by atoms with van der Waals surface area (Å²) in [6.45, 7) is 1.82. The van der Waals surface area contributed by atoms with Gasteiger partial charge in [0.2, 0.25) is 0 Å². The number of aliphatic hydroxyl groups is 1. The quantitative estimate of drug-likeness (QED) is 0.928. The molecule has 0 amide bonds. The van der Waals surface area contributed by atoms with Crippen LogP contribution < -0.4 is 4.74 Å². The largest absolute Gasteiger partial charge is 0.496 e. The van der Waals surface area contributed by atoms with Gasteiger partial charge in [0.05, 0.1) is 12.8 Å². The van der Waals surface area contributed by atoms with Crippen molar-refractivity contribution in [3.8, 4) is 5.75 Å². The molecule has 0 spiro atoms. The van der Waals surface area contributed by atoms with Crippen molar-refractivity contribution < 1.29 is 9.84 Å². The zero-order valence-corrected chi connectivity index (χ0v) is 11.3. The standard InChI is InChI=1S/C13H15ClN2O2/c1-8-11(13(14)16(2)15-8)12(17)9-6-4-5-7-10(9)18-3/h4-7,12,17H,1-3H3. The number of rotatable bonds is 3. The molecule has 0 aliphatic rings. The Morgan fingerprint density at radius 3 is 2.61 bits per heavy atom. The van der Waals surface area contributed by atoms with Crippen LogP contribution in [0.15, 0.2) is 24.3 Å². The summed E-state index contributed by atoms with van der Waals surface area (Å²) in [6, 6.07) is 7.32. The zero-order valence-electron chi connectivity index (χ0n) is 10.5. The summed E-state index contributed by atoms with van der Waals surface area (Å²) in [7, 11) is 3.32. The molecule has 0 saturated carbocycles. The molecule has 5 heteroatoms. The van der Waals surface area contributed by atoms with E-state index < -0.39 is 6.10 Å².